The zero-order chi connectivity index (χ0) is 23.6. The number of rotatable bonds is 5. The number of carbonyl (C=O) groups is 2. The molecule has 1 amide bonds. The van der Waals surface area contributed by atoms with E-state index >= 15 is 0 Å². The number of fused-ring (bicyclic) bond motifs is 1. The van der Waals surface area contributed by atoms with Crippen molar-refractivity contribution in [3.63, 3.8) is 0 Å². The molecule has 2 aromatic carbocycles. The van der Waals surface area contributed by atoms with Crippen molar-refractivity contribution >= 4 is 40.6 Å². The molecule has 0 saturated carbocycles. The first kappa shape index (κ1) is 25.7. The summed E-state index contributed by atoms with van der Waals surface area (Å²) in [4.78, 5) is 28.4. The Bertz CT molecular complexity index is 1160. The number of amides is 1. The van der Waals surface area contributed by atoms with Crippen molar-refractivity contribution in [1.82, 2.24) is 4.90 Å². The van der Waals surface area contributed by atoms with Crippen LogP contribution in [0.5, 0.6) is 0 Å². The van der Waals surface area contributed by atoms with Gasteiger partial charge in [0, 0.05) is 30.1 Å². The topological polar surface area (TPSA) is 58.6 Å². The molecule has 0 radical (unpaired) electrons. The first-order valence-electron chi connectivity index (χ1n) is 10.2. The average molecular weight is 511 g/mol. The number of hydrogen-bond acceptors (Lipinski definition) is 5. The quantitative estimate of drug-likeness (QED) is 0.442. The fourth-order valence-electron chi connectivity index (χ4n) is 3.82. The lowest BCUT2D eigenvalue weighted by Crippen LogP contribution is -2.29. The van der Waals surface area contributed by atoms with Gasteiger partial charge >= 0.3 is 12.1 Å². The second-order valence-electron chi connectivity index (χ2n) is 7.67. The number of carbonyl (C=O) groups excluding carboxylic acids is 2. The third-order valence-electron chi connectivity index (χ3n) is 5.48. The van der Waals surface area contributed by atoms with Gasteiger partial charge in [0.25, 0.3) is 5.91 Å². The molecular formula is C24H22ClF3N2O3S. The van der Waals surface area contributed by atoms with Crippen LogP contribution < -0.4 is 5.32 Å². The van der Waals surface area contributed by atoms with E-state index < -0.39 is 23.6 Å². The second-order valence-corrected chi connectivity index (χ2v) is 8.78. The number of nitrogens with one attached hydrogen (secondary N) is 1. The van der Waals surface area contributed by atoms with Crippen molar-refractivity contribution in [2.45, 2.75) is 25.7 Å². The standard InChI is InChI=1S/C24H21F3N2O3S.ClH/c1-32-23(31)20-18-11-12-29(13-15-5-3-2-4-6-15)14-19(18)33-22(20)28-21(30)16-7-9-17(10-8-16)24(25,26)27;/h2-10H,11-14H2,1H3,(H,28,30);1H. The fraction of sp³-hybridized carbons (Fsp3) is 0.250. The van der Waals surface area contributed by atoms with Crippen molar-refractivity contribution in [3.8, 4) is 0 Å². The van der Waals surface area contributed by atoms with Gasteiger partial charge in [0.2, 0.25) is 0 Å². The van der Waals surface area contributed by atoms with Gasteiger partial charge in [-0.15, -0.1) is 23.7 Å². The van der Waals surface area contributed by atoms with Crippen molar-refractivity contribution in [1.29, 1.82) is 0 Å². The minimum atomic E-state index is -4.48. The molecule has 0 saturated heterocycles. The van der Waals surface area contributed by atoms with Crippen LogP contribution in [0.3, 0.4) is 0 Å². The van der Waals surface area contributed by atoms with E-state index in [-0.39, 0.29) is 18.0 Å². The van der Waals surface area contributed by atoms with Gasteiger partial charge in [-0.05, 0) is 41.8 Å². The highest BCUT2D eigenvalue weighted by Crippen LogP contribution is 2.38. The van der Waals surface area contributed by atoms with Gasteiger partial charge in [0.05, 0.1) is 18.2 Å². The normalized spacial score (nSPS) is 13.5. The summed E-state index contributed by atoms with van der Waals surface area (Å²) in [6, 6.07) is 14.0. The Labute approximate surface area is 204 Å². The number of ether oxygens (including phenoxy) is 1. The molecule has 5 nitrogen and oxygen atoms in total. The lowest BCUT2D eigenvalue weighted by Gasteiger charge is -2.27. The predicted molar refractivity (Wildman–Crippen MR) is 127 cm³/mol. The van der Waals surface area contributed by atoms with Crippen molar-refractivity contribution in [2.24, 2.45) is 0 Å². The summed E-state index contributed by atoms with van der Waals surface area (Å²) in [5.41, 5.74) is 1.58. The van der Waals surface area contributed by atoms with E-state index in [1.54, 1.807) is 0 Å². The summed E-state index contributed by atoms with van der Waals surface area (Å²) >= 11 is 1.30. The maximum absolute atomic E-state index is 12.8. The van der Waals surface area contributed by atoms with Crippen LogP contribution in [0.1, 0.15) is 42.3 Å². The van der Waals surface area contributed by atoms with E-state index in [4.69, 9.17) is 4.74 Å². The molecule has 0 aliphatic carbocycles. The van der Waals surface area contributed by atoms with Crippen molar-refractivity contribution in [3.05, 3.63) is 87.3 Å². The van der Waals surface area contributed by atoms with E-state index in [1.807, 2.05) is 18.2 Å². The molecular weight excluding hydrogens is 489 g/mol. The predicted octanol–water partition coefficient (Wildman–Crippen LogP) is 5.79. The largest absolute Gasteiger partial charge is 0.465 e. The monoisotopic (exact) mass is 510 g/mol. The SMILES string of the molecule is COC(=O)c1c(NC(=O)c2ccc(C(F)(F)F)cc2)sc2c1CCN(Cc1ccccc1)C2.Cl. The van der Waals surface area contributed by atoms with E-state index in [0.29, 0.717) is 23.5 Å². The first-order valence-corrected chi connectivity index (χ1v) is 11.1. The van der Waals surface area contributed by atoms with Crippen LogP contribution in [0.25, 0.3) is 0 Å². The first-order chi connectivity index (χ1) is 15.8. The lowest BCUT2D eigenvalue weighted by molar-refractivity contribution is -0.137. The van der Waals surface area contributed by atoms with Crippen LogP contribution in [0.15, 0.2) is 54.6 Å². The number of methoxy groups -OCH3 is 1. The molecule has 1 aliphatic rings. The molecule has 180 valence electrons. The molecule has 0 spiro atoms. The molecule has 0 atom stereocenters. The van der Waals surface area contributed by atoms with Crippen LogP contribution in [-0.2, 0) is 30.4 Å². The van der Waals surface area contributed by atoms with Crippen LogP contribution in [-0.4, -0.2) is 30.4 Å². The smallest absolute Gasteiger partial charge is 0.416 e. The van der Waals surface area contributed by atoms with Crippen molar-refractivity contribution in [2.75, 3.05) is 19.0 Å². The Morgan fingerprint density at radius 3 is 2.38 bits per heavy atom. The highest BCUT2D eigenvalue weighted by molar-refractivity contribution is 7.17. The molecule has 4 rings (SSSR count). The molecule has 1 aliphatic heterocycles. The van der Waals surface area contributed by atoms with Crippen LogP contribution >= 0.6 is 23.7 Å². The van der Waals surface area contributed by atoms with E-state index in [1.165, 1.54) is 24.0 Å². The summed E-state index contributed by atoms with van der Waals surface area (Å²) in [6.07, 6.45) is -3.86. The van der Waals surface area contributed by atoms with E-state index in [2.05, 4.69) is 22.3 Å². The summed E-state index contributed by atoms with van der Waals surface area (Å²) in [5.74, 6) is -1.14. The molecule has 0 bridgehead atoms. The molecule has 10 heteroatoms. The molecule has 1 aromatic heterocycles. The summed E-state index contributed by atoms with van der Waals surface area (Å²) < 4.78 is 43.3. The third kappa shape index (κ3) is 5.60. The Morgan fingerprint density at radius 2 is 1.76 bits per heavy atom. The molecule has 3 aromatic rings. The van der Waals surface area contributed by atoms with E-state index in [9.17, 15) is 22.8 Å². The summed E-state index contributed by atoms with van der Waals surface area (Å²) in [5, 5.41) is 3.05. The molecule has 0 unspecified atom stereocenters. The van der Waals surface area contributed by atoms with E-state index in [0.717, 1.165) is 47.8 Å². The van der Waals surface area contributed by atoms with Gasteiger partial charge in [-0.2, -0.15) is 13.2 Å². The Hall–Kier alpha value is -2.88. The molecule has 34 heavy (non-hydrogen) atoms. The van der Waals surface area contributed by atoms with Crippen LogP contribution in [0, 0.1) is 0 Å². The molecule has 0 fully saturated rings. The van der Waals surface area contributed by atoms with Gasteiger partial charge in [-0.25, -0.2) is 4.79 Å². The molecule has 2 heterocycles. The Kier molecular flexibility index (Phi) is 8.01. The number of esters is 1. The molecule has 1 N–H and O–H groups in total. The van der Waals surface area contributed by atoms with Crippen molar-refractivity contribution < 1.29 is 27.5 Å². The highest BCUT2D eigenvalue weighted by atomic mass is 35.5. The third-order valence-corrected chi connectivity index (χ3v) is 6.61. The lowest BCUT2D eigenvalue weighted by atomic mass is 10.0. The number of halogens is 4. The number of hydrogen-bond donors (Lipinski definition) is 1. The number of nitrogens with zero attached hydrogens (tertiary/aromatic N) is 1. The minimum absolute atomic E-state index is 0. The number of alkyl halides is 3. The van der Waals surface area contributed by atoms with Gasteiger partial charge in [-0.1, -0.05) is 30.3 Å². The van der Waals surface area contributed by atoms with Gasteiger partial charge in [0.1, 0.15) is 5.00 Å². The van der Waals surface area contributed by atoms with Crippen LogP contribution in [0.4, 0.5) is 18.2 Å². The second kappa shape index (κ2) is 10.6. The number of thiophene rings is 1. The maximum atomic E-state index is 12.8. The van der Waals surface area contributed by atoms with Crippen LogP contribution in [0.2, 0.25) is 0 Å². The average Bonchev–Trinajstić information content (AvgIpc) is 3.15. The Morgan fingerprint density at radius 1 is 1.09 bits per heavy atom. The summed E-state index contributed by atoms with van der Waals surface area (Å²) in [6.45, 7) is 2.13. The maximum Gasteiger partial charge on any atom is 0.416 e. The zero-order valence-corrected chi connectivity index (χ0v) is 19.8. The zero-order valence-electron chi connectivity index (χ0n) is 18.1. The summed E-state index contributed by atoms with van der Waals surface area (Å²) in [7, 11) is 1.28. The van der Waals surface area contributed by atoms with Gasteiger partial charge in [-0.3, -0.25) is 9.69 Å². The Balaban J connectivity index is 0.00000324. The number of anilines is 1. The van der Waals surface area contributed by atoms with Gasteiger partial charge in [0.15, 0.2) is 0 Å². The number of benzene rings is 2. The fourth-order valence-corrected chi connectivity index (χ4v) is 5.10. The minimum Gasteiger partial charge on any atom is -0.465 e. The highest BCUT2D eigenvalue weighted by Gasteiger charge is 2.31. The van der Waals surface area contributed by atoms with Gasteiger partial charge < -0.3 is 10.1 Å².